The number of rotatable bonds is 10. The lowest BCUT2D eigenvalue weighted by Crippen LogP contribution is -2.25. The van der Waals surface area contributed by atoms with Crippen LogP contribution in [-0.4, -0.2) is 10.9 Å². The Morgan fingerprint density at radius 3 is 2.78 bits per heavy atom. The number of benzene rings is 1. The van der Waals surface area contributed by atoms with E-state index in [-0.39, 0.29) is 11.8 Å². The first-order valence-corrected chi connectivity index (χ1v) is 10.1. The molecule has 1 saturated carbocycles. The molecule has 1 amide bonds. The lowest BCUT2D eigenvalue weighted by molar-refractivity contribution is -0.135. The molecule has 1 heterocycles. The Kier molecular flexibility index (Phi) is 7.90. The van der Waals surface area contributed by atoms with Gasteiger partial charge in [-0.05, 0) is 17.9 Å². The van der Waals surface area contributed by atoms with Crippen molar-refractivity contribution in [3.8, 4) is 0 Å². The Balaban J connectivity index is 1.42. The van der Waals surface area contributed by atoms with Crippen molar-refractivity contribution in [2.24, 2.45) is 5.92 Å². The van der Waals surface area contributed by atoms with Gasteiger partial charge in [-0.3, -0.25) is 9.63 Å². The number of amides is 1. The van der Waals surface area contributed by atoms with Crippen molar-refractivity contribution in [1.82, 2.24) is 10.5 Å². The second-order valence-corrected chi connectivity index (χ2v) is 7.51. The van der Waals surface area contributed by atoms with Gasteiger partial charge in [-0.2, -0.15) is 0 Å². The van der Waals surface area contributed by atoms with Gasteiger partial charge in [0.05, 0.1) is 12.8 Å². The highest BCUT2D eigenvalue weighted by molar-refractivity contribution is 5.75. The van der Waals surface area contributed by atoms with E-state index in [1.165, 1.54) is 38.5 Å². The molecule has 0 saturated heterocycles. The molecule has 27 heavy (non-hydrogen) atoms. The topological polar surface area (TPSA) is 64.4 Å². The summed E-state index contributed by atoms with van der Waals surface area (Å²) in [5, 5.41) is 0. The van der Waals surface area contributed by atoms with Crippen LogP contribution in [0.2, 0.25) is 0 Å². The smallest absolute Gasteiger partial charge is 0.244 e. The molecular formula is C22H30N2O3. The molecule has 1 fully saturated rings. The molecule has 1 aliphatic rings. The molecule has 0 radical (unpaired) electrons. The van der Waals surface area contributed by atoms with Crippen LogP contribution in [0.15, 0.2) is 47.2 Å². The minimum absolute atomic E-state index is 0.00363. The third-order valence-electron chi connectivity index (χ3n) is 5.39. The van der Waals surface area contributed by atoms with E-state index in [4.69, 9.17) is 9.25 Å². The molecule has 0 unspecified atom stereocenters. The van der Waals surface area contributed by atoms with Crippen LogP contribution in [0.25, 0.3) is 0 Å². The summed E-state index contributed by atoms with van der Waals surface area (Å²) >= 11 is 0. The summed E-state index contributed by atoms with van der Waals surface area (Å²) in [6, 6.07) is 9.78. The quantitative estimate of drug-likeness (QED) is 0.588. The van der Waals surface area contributed by atoms with Crippen molar-refractivity contribution in [3.05, 3.63) is 54.2 Å². The normalized spacial score (nSPS) is 16.1. The van der Waals surface area contributed by atoms with Crippen molar-refractivity contribution in [1.29, 1.82) is 0 Å². The second kappa shape index (κ2) is 10.9. The number of hydroxylamine groups is 1. The van der Waals surface area contributed by atoms with Gasteiger partial charge in [-0.25, -0.2) is 10.5 Å². The molecule has 1 aliphatic carbocycles. The van der Waals surface area contributed by atoms with E-state index in [9.17, 15) is 4.79 Å². The molecule has 0 bridgehead atoms. The van der Waals surface area contributed by atoms with Crippen LogP contribution < -0.4 is 5.48 Å². The van der Waals surface area contributed by atoms with Crippen LogP contribution in [0.5, 0.6) is 0 Å². The third-order valence-corrected chi connectivity index (χ3v) is 5.39. The summed E-state index contributed by atoms with van der Waals surface area (Å²) in [6.07, 6.45) is 13.7. The number of aromatic nitrogens is 1. The molecule has 2 aromatic rings. The van der Waals surface area contributed by atoms with Crippen molar-refractivity contribution >= 4 is 5.91 Å². The number of hydrogen-bond donors (Lipinski definition) is 1. The maximum Gasteiger partial charge on any atom is 0.244 e. The zero-order chi connectivity index (χ0) is 18.7. The Morgan fingerprint density at radius 1 is 1.22 bits per heavy atom. The van der Waals surface area contributed by atoms with Crippen molar-refractivity contribution in [2.45, 2.75) is 70.3 Å². The molecule has 0 spiro atoms. The molecule has 3 rings (SSSR count). The lowest BCUT2D eigenvalue weighted by atomic mass is 9.84. The molecule has 1 N–H and O–H groups in total. The van der Waals surface area contributed by atoms with Gasteiger partial charge >= 0.3 is 0 Å². The van der Waals surface area contributed by atoms with Crippen LogP contribution >= 0.6 is 0 Å². The lowest BCUT2D eigenvalue weighted by Gasteiger charge is -2.22. The van der Waals surface area contributed by atoms with Crippen LogP contribution in [0.4, 0.5) is 0 Å². The van der Waals surface area contributed by atoms with Gasteiger partial charge < -0.3 is 4.42 Å². The molecule has 5 heteroatoms. The van der Waals surface area contributed by atoms with Crippen LogP contribution in [0, 0.1) is 5.92 Å². The first-order chi connectivity index (χ1) is 13.3. The Labute approximate surface area is 161 Å². The molecule has 1 aromatic heterocycles. The highest BCUT2D eigenvalue weighted by atomic mass is 16.6. The van der Waals surface area contributed by atoms with Gasteiger partial charge in [0.1, 0.15) is 6.26 Å². The van der Waals surface area contributed by atoms with E-state index in [2.05, 4.69) is 10.5 Å². The van der Waals surface area contributed by atoms with E-state index >= 15 is 0 Å². The standard InChI is InChI=1S/C22H30N2O3/c25-21(24-27-17-19-10-5-2-6-11-19)16-20(22-23-14-15-26-22)13-7-12-18-8-3-1-4-9-18/h2,5-6,10-11,14-15,18,20H,1,3-4,7-9,12-13,16-17H2,(H,24,25)/t20-/m1/s1. The van der Waals surface area contributed by atoms with Gasteiger partial charge in [-0.15, -0.1) is 0 Å². The van der Waals surface area contributed by atoms with Gasteiger partial charge in [0, 0.05) is 12.3 Å². The first-order valence-electron chi connectivity index (χ1n) is 10.1. The maximum absolute atomic E-state index is 12.3. The zero-order valence-electron chi connectivity index (χ0n) is 15.9. The van der Waals surface area contributed by atoms with Gasteiger partial charge in [0.2, 0.25) is 5.91 Å². The molecule has 0 aliphatic heterocycles. The fourth-order valence-corrected chi connectivity index (χ4v) is 3.92. The number of nitrogens with one attached hydrogen (secondary N) is 1. The molecule has 1 aromatic carbocycles. The molecule has 5 nitrogen and oxygen atoms in total. The van der Waals surface area contributed by atoms with Crippen LogP contribution in [0.3, 0.4) is 0 Å². The maximum atomic E-state index is 12.3. The SMILES string of the molecule is O=C(C[C@@H](CCCC1CCCCC1)c1ncco1)NOCc1ccccc1. The second-order valence-electron chi connectivity index (χ2n) is 7.51. The predicted molar refractivity (Wildman–Crippen MR) is 104 cm³/mol. The Morgan fingerprint density at radius 2 is 2.04 bits per heavy atom. The molecular weight excluding hydrogens is 340 g/mol. The largest absolute Gasteiger partial charge is 0.449 e. The number of carbonyl (C=O) groups is 1. The average molecular weight is 370 g/mol. The monoisotopic (exact) mass is 370 g/mol. The summed E-state index contributed by atoms with van der Waals surface area (Å²) in [5.41, 5.74) is 3.58. The fraction of sp³-hybridized carbons (Fsp3) is 0.545. The van der Waals surface area contributed by atoms with Gasteiger partial charge in [0.15, 0.2) is 5.89 Å². The fourth-order valence-electron chi connectivity index (χ4n) is 3.92. The predicted octanol–water partition coefficient (Wildman–Crippen LogP) is 5.15. The summed E-state index contributed by atoms with van der Waals surface area (Å²) in [6.45, 7) is 0.359. The van der Waals surface area contributed by atoms with Crippen molar-refractivity contribution in [3.63, 3.8) is 0 Å². The number of hydrogen-bond acceptors (Lipinski definition) is 4. The van der Waals surface area contributed by atoms with Gasteiger partial charge in [-0.1, -0.05) is 75.3 Å². The Bertz CT molecular complexity index is 651. The summed E-state index contributed by atoms with van der Waals surface area (Å²) in [5.74, 6) is 1.37. The van der Waals surface area contributed by atoms with E-state index in [1.807, 2.05) is 30.3 Å². The highest BCUT2D eigenvalue weighted by Crippen LogP contribution is 2.31. The number of nitrogens with zero attached hydrogens (tertiary/aromatic N) is 1. The average Bonchev–Trinajstić information content (AvgIpc) is 3.24. The minimum atomic E-state index is -0.133. The molecule has 1 atom stereocenters. The minimum Gasteiger partial charge on any atom is -0.449 e. The zero-order valence-corrected chi connectivity index (χ0v) is 15.9. The number of carbonyl (C=O) groups excluding carboxylic acids is 1. The van der Waals surface area contributed by atoms with Crippen molar-refractivity contribution < 1.29 is 14.0 Å². The highest BCUT2D eigenvalue weighted by Gasteiger charge is 2.21. The third kappa shape index (κ3) is 6.83. The summed E-state index contributed by atoms with van der Waals surface area (Å²) < 4.78 is 5.48. The van der Waals surface area contributed by atoms with Crippen LogP contribution in [0.1, 0.15) is 75.2 Å². The van der Waals surface area contributed by atoms with Crippen LogP contribution in [-0.2, 0) is 16.2 Å². The first kappa shape index (κ1) is 19.6. The summed E-state index contributed by atoms with van der Waals surface area (Å²) in [7, 11) is 0. The van der Waals surface area contributed by atoms with Crippen molar-refractivity contribution in [2.75, 3.05) is 0 Å². The van der Waals surface area contributed by atoms with E-state index in [0.29, 0.717) is 18.9 Å². The molecule has 146 valence electrons. The van der Waals surface area contributed by atoms with E-state index < -0.39 is 0 Å². The van der Waals surface area contributed by atoms with E-state index in [0.717, 1.165) is 24.3 Å². The number of oxazole rings is 1. The van der Waals surface area contributed by atoms with E-state index in [1.54, 1.807) is 12.5 Å². The summed E-state index contributed by atoms with van der Waals surface area (Å²) in [4.78, 5) is 21.9. The van der Waals surface area contributed by atoms with Gasteiger partial charge in [0.25, 0.3) is 0 Å². The Hall–Kier alpha value is -2.14.